The SMILES string of the molecule is CC(=O)Nc1ccc(C)cc1C(=O)C(=O)NCCCCNc1ccnc2cc(Cl)ccc12. The summed E-state index contributed by atoms with van der Waals surface area (Å²) in [5, 5.41) is 10.3. The summed E-state index contributed by atoms with van der Waals surface area (Å²) >= 11 is 6.02. The fourth-order valence-electron chi connectivity index (χ4n) is 3.30. The molecule has 0 spiro atoms. The molecule has 0 bridgehead atoms. The van der Waals surface area contributed by atoms with E-state index in [1.54, 1.807) is 24.4 Å². The first kappa shape index (κ1) is 23.2. The van der Waals surface area contributed by atoms with Crippen LogP contribution >= 0.6 is 11.6 Å². The number of unbranched alkanes of at least 4 members (excludes halogenated alkanes) is 1. The lowest BCUT2D eigenvalue weighted by Gasteiger charge is -2.11. The zero-order valence-electron chi connectivity index (χ0n) is 18.0. The molecular weight excluding hydrogens is 428 g/mol. The fourth-order valence-corrected chi connectivity index (χ4v) is 3.46. The average molecular weight is 453 g/mol. The molecule has 0 saturated heterocycles. The van der Waals surface area contributed by atoms with Crippen LogP contribution in [-0.4, -0.2) is 35.7 Å². The van der Waals surface area contributed by atoms with Crippen molar-refractivity contribution >= 4 is 51.5 Å². The summed E-state index contributed by atoms with van der Waals surface area (Å²) in [7, 11) is 0. The minimum atomic E-state index is -0.688. The van der Waals surface area contributed by atoms with Crippen molar-refractivity contribution in [1.82, 2.24) is 10.3 Å². The highest BCUT2D eigenvalue weighted by atomic mass is 35.5. The normalized spacial score (nSPS) is 10.6. The maximum absolute atomic E-state index is 12.6. The number of Topliss-reactive ketones (excluding diaryl/α,β-unsaturated/α-hetero) is 1. The van der Waals surface area contributed by atoms with E-state index in [0.29, 0.717) is 30.2 Å². The van der Waals surface area contributed by atoms with Crippen LogP contribution in [0.5, 0.6) is 0 Å². The third-order valence-corrected chi connectivity index (χ3v) is 5.08. The molecule has 32 heavy (non-hydrogen) atoms. The fraction of sp³-hybridized carbons (Fsp3) is 0.250. The Morgan fingerprint density at radius 1 is 0.969 bits per heavy atom. The number of hydrogen-bond donors (Lipinski definition) is 3. The van der Waals surface area contributed by atoms with Crippen LogP contribution in [0, 0.1) is 6.92 Å². The molecule has 0 aliphatic carbocycles. The monoisotopic (exact) mass is 452 g/mol. The third-order valence-electron chi connectivity index (χ3n) is 4.85. The maximum atomic E-state index is 12.6. The summed E-state index contributed by atoms with van der Waals surface area (Å²) in [5.41, 5.74) is 3.13. The number of carbonyl (C=O) groups is 3. The summed E-state index contributed by atoms with van der Waals surface area (Å²) in [4.78, 5) is 40.6. The van der Waals surface area contributed by atoms with E-state index >= 15 is 0 Å². The second-order valence-electron chi connectivity index (χ2n) is 7.47. The number of aromatic nitrogens is 1. The number of ketones is 1. The van der Waals surface area contributed by atoms with Gasteiger partial charge in [-0.1, -0.05) is 23.2 Å². The molecule has 0 fully saturated rings. The Labute approximate surface area is 191 Å². The first-order chi connectivity index (χ1) is 15.3. The van der Waals surface area contributed by atoms with Gasteiger partial charge in [0, 0.05) is 42.3 Å². The van der Waals surface area contributed by atoms with Crippen molar-refractivity contribution in [3.05, 3.63) is 64.8 Å². The van der Waals surface area contributed by atoms with Gasteiger partial charge in [0.25, 0.3) is 11.7 Å². The van der Waals surface area contributed by atoms with E-state index in [0.717, 1.165) is 28.6 Å². The molecule has 2 amide bonds. The number of fused-ring (bicyclic) bond motifs is 1. The summed E-state index contributed by atoms with van der Waals surface area (Å²) in [6.07, 6.45) is 3.23. The molecule has 8 heteroatoms. The number of anilines is 2. The standard InChI is InChI=1S/C24H25ClN4O3/c1-15-5-8-21(29-16(2)30)19(13-15)23(31)24(32)28-11-4-3-10-26-20-9-12-27-22-14-17(25)6-7-18(20)22/h5-9,12-14H,3-4,10-11H2,1-2H3,(H,26,27)(H,28,32)(H,29,30). The van der Waals surface area contributed by atoms with Gasteiger partial charge in [0.05, 0.1) is 16.8 Å². The number of carbonyl (C=O) groups excluding carboxylic acids is 3. The Kier molecular flexibility index (Phi) is 7.78. The molecule has 0 aliphatic rings. The van der Waals surface area contributed by atoms with Gasteiger partial charge in [-0.15, -0.1) is 0 Å². The van der Waals surface area contributed by atoms with Crippen molar-refractivity contribution in [2.75, 3.05) is 23.7 Å². The molecule has 0 aliphatic heterocycles. The topological polar surface area (TPSA) is 100 Å². The molecular formula is C24H25ClN4O3. The van der Waals surface area contributed by atoms with Crippen molar-refractivity contribution in [2.24, 2.45) is 0 Å². The first-order valence-corrected chi connectivity index (χ1v) is 10.7. The van der Waals surface area contributed by atoms with Gasteiger partial charge in [-0.25, -0.2) is 0 Å². The largest absolute Gasteiger partial charge is 0.384 e. The number of aryl methyl sites for hydroxylation is 1. The van der Waals surface area contributed by atoms with Crippen LogP contribution in [0.15, 0.2) is 48.7 Å². The van der Waals surface area contributed by atoms with E-state index < -0.39 is 11.7 Å². The smallest absolute Gasteiger partial charge is 0.292 e. The van der Waals surface area contributed by atoms with Gasteiger partial charge < -0.3 is 16.0 Å². The van der Waals surface area contributed by atoms with Crippen LogP contribution in [0.1, 0.15) is 35.7 Å². The summed E-state index contributed by atoms with van der Waals surface area (Å²) < 4.78 is 0. The Bertz CT molecular complexity index is 1160. The minimum absolute atomic E-state index is 0.184. The predicted molar refractivity (Wildman–Crippen MR) is 127 cm³/mol. The highest BCUT2D eigenvalue weighted by Crippen LogP contribution is 2.24. The molecule has 166 valence electrons. The van der Waals surface area contributed by atoms with Crippen LogP contribution in [0.4, 0.5) is 11.4 Å². The van der Waals surface area contributed by atoms with E-state index in [1.165, 1.54) is 6.92 Å². The highest BCUT2D eigenvalue weighted by molar-refractivity contribution is 6.44. The van der Waals surface area contributed by atoms with Gasteiger partial charge in [0.2, 0.25) is 5.91 Å². The Balaban J connectivity index is 1.47. The number of benzene rings is 2. The first-order valence-electron chi connectivity index (χ1n) is 10.3. The van der Waals surface area contributed by atoms with Gasteiger partial charge in [0.15, 0.2) is 0 Å². The van der Waals surface area contributed by atoms with E-state index in [4.69, 9.17) is 11.6 Å². The van der Waals surface area contributed by atoms with Crippen LogP contribution in [-0.2, 0) is 9.59 Å². The van der Waals surface area contributed by atoms with Gasteiger partial charge in [-0.2, -0.15) is 0 Å². The molecule has 0 unspecified atom stereocenters. The minimum Gasteiger partial charge on any atom is -0.384 e. The number of nitrogens with one attached hydrogen (secondary N) is 3. The molecule has 1 aromatic heterocycles. The Hall–Kier alpha value is -3.45. The quantitative estimate of drug-likeness (QED) is 0.254. The molecule has 3 N–H and O–H groups in total. The molecule has 0 atom stereocenters. The lowest BCUT2D eigenvalue weighted by Crippen LogP contribution is -2.32. The zero-order chi connectivity index (χ0) is 23.1. The van der Waals surface area contributed by atoms with Crippen molar-refractivity contribution in [2.45, 2.75) is 26.7 Å². The van der Waals surface area contributed by atoms with Crippen LogP contribution < -0.4 is 16.0 Å². The molecule has 3 rings (SSSR count). The van der Waals surface area contributed by atoms with Crippen molar-refractivity contribution in [1.29, 1.82) is 0 Å². The molecule has 0 radical (unpaired) electrons. The van der Waals surface area contributed by atoms with Crippen molar-refractivity contribution < 1.29 is 14.4 Å². The highest BCUT2D eigenvalue weighted by Gasteiger charge is 2.20. The number of amides is 2. The average Bonchev–Trinajstić information content (AvgIpc) is 2.76. The van der Waals surface area contributed by atoms with E-state index in [-0.39, 0.29) is 11.5 Å². The van der Waals surface area contributed by atoms with E-state index in [1.807, 2.05) is 31.2 Å². The van der Waals surface area contributed by atoms with Gasteiger partial charge in [0.1, 0.15) is 0 Å². The maximum Gasteiger partial charge on any atom is 0.292 e. The van der Waals surface area contributed by atoms with Crippen LogP contribution in [0.3, 0.4) is 0 Å². The zero-order valence-corrected chi connectivity index (χ0v) is 18.8. The summed E-state index contributed by atoms with van der Waals surface area (Å²) in [6, 6.07) is 12.5. The molecule has 2 aromatic carbocycles. The molecule has 1 heterocycles. The summed E-state index contributed by atoms with van der Waals surface area (Å²) in [6.45, 7) is 4.25. The van der Waals surface area contributed by atoms with Gasteiger partial charge in [-0.05, 0) is 56.2 Å². The van der Waals surface area contributed by atoms with Crippen LogP contribution in [0.25, 0.3) is 10.9 Å². The molecule has 0 saturated carbocycles. The molecule has 7 nitrogen and oxygen atoms in total. The van der Waals surface area contributed by atoms with Gasteiger partial charge >= 0.3 is 0 Å². The third kappa shape index (κ3) is 6.04. The lowest BCUT2D eigenvalue weighted by atomic mass is 10.0. The number of nitrogens with zero attached hydrogens (tertiary/aromatic N) is 1. The second kappa shape index (κ2) is 10.7. The number of pyridine rings is 1. The summed E-state index contributed by atoms with van der Waals surface area (Å²) in [5.74, 6) is -1.66. The number of hydrogen-bond acceptors (Lipinski definition) is 5. The van der Waals surface area contributed by atoms with E-state index in [2.05, 4.69) is 20.9 Å². The van der Waals surface area contributed by atoms with Crippen molar-refractivity contribution in [3.63, 3.8) is 0 Å². The van der Waals surface area contributed by atoms with Crippen LogP contribution in [0.2, 0.25) is 5.02 Å². The Morgan fingerprint density at radius 2 is 1.75 bits per heavy atom. The lowest BCUT2D eigenvalue weighted by molar-refractivity contribution is -0.117. The second-order valence-corrected chi connectivity index (χ2v) is 7.91. The number of halogens is 1. The van der Waals surface area contributed by atoms with Gasteiger partial charge in [-0.3, -0.25) is 19.4 Å². The predicted octanol–water partition coefficient (Wildman–Crippen LogP) is 4.35. The van der Waals surface area contributed by atoms with E-state index in [9.17, 15) is 14.4 Å². The Morgan fingerprint density at radius 3 is 2.53 bits per heavy atom. The van der Waals surface area contributed by atoms with Crippen molar-refractivity contribution in [3.8, 4) is 0 Å². The number of rotatable bonds is 9. The molecule has 3 aromatic rings.